The summed E-state index contributed by atoms with van der Waals surface area (Å²) in [6, 6.07) is 1.72. The number of nitrogen functional groups attached to an aromatic ring is 1. The molecule has 0 spiro atoms. The number of hydrogen-bond donors (Lipinski definition) is 1. The van der Waals surface area contributed by atoms with Gasteiger partial charge in [0.2, 0.25) is 0 Å². The highest BCUT2D eigenvalue weighted by atomic mass is 16.5. The SMILES string of the molecule is [B]c1cc(OC)c2c(N)cnn2c1. The molecule has 0 aliphatic carbocycles. The summed E-state index contributed by atoms with van der Waals surface area (Å²) in [6.07, 6.45) is 3.26. The van der Waals surface area contributed by atoms with Crippen molar-refractivity contribution in [2.75, 3.05) is 12.8 Å². The van der Waals surface area contributed by atoms with E-state index >= 15 is 0 Å². The number of aromatic nitrogens is 2. The second-order valence-electron chi connectivity index (χ2n) is 2.73. The number of pyridine rings is 1. The van der Waals surface area contributed by atoms with Crippen LogP contribution in [0.2, 0.25) is 0 Å². The van der Waals surface area contributed by atoms with Crippen molar-refractivity contribution in [2.24, 2.45) is 0 Å². The Hall–Kier alpha value is -1.65. The van der Waals surface area contributed by atoms with E-state index in [0.29, 0.717) is 16.9 Å². The van der Waals surface area contributed by atoms with Gasteiger partial charge in [0.15, 0.2) is 0 Å². The van der Waals surface area contributed by atoms with Gasteiger partial charge < -0.3 is 10.5 Å². The highest BCUT2D eigenvalue weighted by Crippen LogP contribution is 2.22. The van der Waals surface area contributed by atoms with E-state index < -0.39 is 0 Å². The van der Waals surface area contributed by atoms with E-state index in [1.165, 1.54) is 0 Å². The van der Waals surface area contributed by atoms with E-state index in [4.69, 9.17) is 18.3 Å². The molecule has 0 saturated heterocycles. The second-order valence-corrected chi connectivity index (χ2v) is 2.73. The van der Waals surface area contributed by atoms with Crippen molar-refractivity contribution >= 4 is 24.5 Å². The van der Waals surface area contributed by atoms with Gasteiger partial charge in [0.05, 0.1) is 19.0 Å². The smallest absolute Gasteiger partial charge is 0.146 e. The van der Waals surface area contributed by atoms with Crippen molar-refractivity contribution in [1.82, 2.24) is 9.61 Å². The second kappa shape index (κ2) is 2.69. The van der Waals surface area contributed by atoms with Crippen LogP contribution in [0.3, 0.4) is 0 Å². The molecule has 2 N–H and O–H groups in total. The summed E-state index contributed by atoms with van der Waals surface area (Å²) < 4.78 is 6.73. The fourth-order valence-electron chi connectivity index (χ4n) is 1.28. The van der Waals surface area contributed by atoms with Crippen LogP contribution in [-0.4, -0.2) is 24.6 Å². The Morgan fingerprint density at radius 3 is 3.08 bits per heavy atom. The lowest BCUT2D eigenvalue weighted by Gasteiger charge is -2.04. The molecule has 2 aromatic heterocycles. The first-order chi connectivity index (χ1) is 6.22. The van der Waals surface area contributed by atoms with Gasteiger partial charge in [0, 0.05) is 6.20 Å². The molecule has 0 atom stereocenters. The summed E-state index contributed by atoms with van der Waals surface area (Å²) in [4.78, 5) is 0. The third kappa shape index (κ3) is 1.12. The van der Waals surface area contributed by atoms with Crippen molar-refractivity contribution < 1.29 is 4.74 Å². The molecule has 2 heterocycles. The van der Waals surface area contributed by atoms with Crippen LogP contribution in [0.5, 0.6) is 5.75 Å². The number of fused-ring (bicyclic) bond motifs is 1. The minimum absolute atomic E-state index is 0.580. The molecule has 0 aromatic carbocycles. The Balaban J connectivity index is 2.85. The van der Waals surface area contributed by atoms with Crippen molar-refractivity contribution in [3.05, 3.63) is 18.5 Å². The van der Waals surface area contributed by atoms with Crippen molar-refractivity contribution in [2.45, 2.75) is 0 Å². The Morgan fingerprint density at radius 2 is 2.38 bits per heavy atom. The van der Waals surface area contributed by atoms with Crippen LogP contribution in [0, 0.1) is 0 Å². The topological polar surface area (TPSA) is 52.5 Å². The molecular formula is C8H8BN3O. The number of nitrogens with zero attached hydrogens (tertiary/aromatic N) is 2. The minimum Gasteiger partial charge on any atom is -0.494 e. The van der Waals surface area contributed by atoms with E-state index in [-0.39, 0.29) is 0 Å². The molecule has 2 aromatic rings. The van der Waals surface area contributed by atoms with Crippen LogP contribution in [-0.2, 0) is 0 Å². The lowest BCUT2D eigenvalue weighted by molar-refractivity contribution is 0.418. The molecule has 0 aliphatic heterocycles. The molecule has 0 aliphatic rings. The average Bonchev–Trinajstić information content (AvgIpc) is 2.46. The summed E-state index contributed by atoms with van der Waals surface area (Å²) >= 11 is 0. The molecule has 2 rings (SSSR count). The van der Waals surface area contributed by atoms with Gasteiger partial charge in [0.25, 0.3) is 0 Å². The summed E-state index contributed by atoms with van der Waals surface area (Å²) in [7, 11) is 7.20. The number of hydrogen-bond acceptors (Lipinski definition) is 3. The van der Waals surface area contributed by atoms with Gasteiger partial charge in [-0.2, -0.15) is 5.10 Å². The van der Waals surface area contributed by atoms with E-state index in [1.54, 1.807) is 30.1 Å². The Labute approximate surface area is 76.7 Å². The van der Waals surface area contributed by atoms with Gasteiger partial charge in [0.1, 0.15) is 19.1 Å². The van der Waals surface area contributed by atoms with Gasteiger partial charge in [-0.25, -0.2) is 4.52 Å². The lowest BCUT2D eigenvalue weighted by Crippen LogP contribution is -2.07. The van der Waals surface area contributed by atoms with Crippen molar-refractivity contribution in [3.8, 4) is 5.75 Å². The minimum atomic E-state index is 0.580. The highest BCUT2D eigenvalue weighted by molar-refractivity contribution is 6.32. The van der Waals surface area contributed by atoms with Crippen LogP contribution in [0.4, 0.5) is 5.69 Å². The van der Waals surface area contributed by atoms with Crippen LogP contribution in [0.25, 0.3) is 5.52 Å². The molecule has 5 heteroatoms. The van der Waals surface area contributed by atoms with Gasteiger partial charge >= 0.3 is 0 Å². The fourth-order valence-corrected chi connectivity index (χ4v) is 1.28. The first-order valence-corrected chi connectivity index (χ1v) is 3.78. The van der Waals surface area contributed by atoms with Gasteiger partial charge in [-0.05, 0) is 6.07 Å². The number of methoxy groups -OCH3 is 1. The molecule has 0 bridgehead atoms. The van der Waals surface area contributed by atoms with Gasteiger partial charge in [-0.1, -0.05) is 5.46 Å². The van der Waals surface area contributed by atoms with Crippen LogP contribution in [0.1, 0.15) is 0 Å². The predicted molar refractivity (Wildman–Crippen MR) is 51.5 cm³/mol. The molecule has 0 saturated carbocycles. The zero-order chi connectivity index (χ0) is 9.42. The maximum absolute atomic E-state index is 5.70. The predicted octanol–water partition coefficient (Wildman–Crippen LogP) is -0.281. The average molecular weight is 173 g/mol. The number of ether oxygens (including phenoxy) is 1. The van der Waals surface area contributed by atoms with Crippen molar-refractivity contribution in [1.29, 1.82) is 0 Å². The first-order valence-electron chi connectivity index (χ1n) is 3.78. The Bertz CT molecular complexity index is 452. The van der Waals surface area contributed by atoms with Gasteiger partial charge in [-0.3, -0.25) is 0 Å². The van der Waals surface area contributed by atoms with Crippen LogP contribution in [0.15, 0.2) is 18.5 Å². The molecule has 64 valence electrons. The highest BCUT2D eigenvalue weighted by Gasteiger charge is 2.06. The maximum atomic E-state index is 5.70. The molecule has 2 radical (unpaired) electrons. The molecule has 0 amide bonds. The fraction of sp³-hybridized carbons (Fsp3) is 0.125. The van der Waals surface area contributed by atoms with Gasteiger partial charge in [-0.15, -0.1) is 0 Å². The normalized spacial score (nSPS) is 10.5. The molecule has 13 heavy (non-hydrogen) atoms. The zero-order valence-electron chi connectivity index (χ0n) is 7.19. The lowest BCUT2D eigenvalue weighted by atomic mass is 9.98. The third-order valence-corrected chi connectivity index (χ3v) is 1.85. The number of nitrogens with two attached hydrogens (primary N) is 1. The molecule has 0 fully saturated rings. The summed E-state index contributed by atoms with van der Waals surface area (Å²) in [5.74, 6) is 0.634. The third-order valence-electron chi connectivity index (χ3n) is 1.85. The Morgan fingerprint density at radius 1 is 1.62 bits per heavy atom. The van der Waals surface area contributed by atoms with E-state index in [9.17, 15) is 0 Å². The van der Waals surface area contributed by atoms with Crippen LogP contribution < -0.4 is 15.9 Å². The summed E-state index contributed by atoms with van der Waals surface area (Å²) in [5.41, 5.74) is 7.62. The van der Waals surface area contributed by atoms with E-state index in [2.05, 4.69) is 5.10 Å². The Kier molecular flexibility index (Phi) is 1.65. The monoisotopic (exact) mass is 173 g/mol. The van der Waals surface area contributed by atoms with Crippen molar-refractivity contribution in [3.63, 3.8) is 0 Å². The number of rotatable bonds is 1. The largest absolute Gasteiger partial charge is 0.494 e. The van der Waals surface area contributed by atoms with E-state index in [0.717, 1.165) is 5.52 Å². The zero-order valence-corrected chi connectivity index (χ0v) is 7.19. The molecule has 0 unspecified atom stereocenters. The van der Waals surface area contributed by atoms with Crippen LogP contribution >= 0.6 is 0 Å². The van der Waals surface area contributed by atoms with E-state index in [1.807, 2.05) is 0 Å². The molecular weight excluding hydrogens is 165 g/mol. The molecule has 4 nitrogen and oxygen atoms in total. The maximum Gasteiger partial charge on any atom is 0.146 e. The summed E-state index contributed by atoms with van der Waals surface area (Å²) in [5, 5.41) is 4.02. The number of anilines is 1. The standard InChI is InChI=1S/C8H8BN3O/c1-13-7-2-5(9)4-12-8(7)6(10)3-11-12/h2-4H,10H2,1H3. The summed E-state index contributed by atoms with van der Waals surface area (Å²) in [6.45, 7) is 0. The quantitative estimate of drug-likeness (QED) is 0.603. The first kappa shape index (κ1) is 7.98.